The molecule has 2 aromatic rings. The van der Waals surface area contributed by atoms with Crippen LogP contribution < -0.4 is 10.6 Å². The number of thioether (sulfide) groups is 1. The third-order valence-corrected chi connectivity index (χ3v) is 10.6. The van der Waals surface area contributed by atoms with E-state index < -0.39 is 28.7 Å². The smallest absolute Gasteiger partial charge is 0.245 e. The van der Waals surface area contributed by atoms with Crippen molar-refractivity contribution in [2.45, 2.75) is 60.3 Å². The summed E-state index contributed by atoms with van der Waals surface area (Å²) >= 11 is 5.32. The van der Waals surface area contributed by atoms with Gasteiger partial charge in [0.2, 0.25) is 17.7 Å². The fourth-order valence-corrected chi connectivity index (χ4v) is 9.48. The Kier molecular flexibility index (Phi) is 6.56. The van der Waals surface area contributed by atoms with Crippen molar-refractivity contribution in [1.82, 2.24) is 30.5 Å². The average molecular weight is 565 g/mol. The van der Waals surface area contributed by atoms with Crippen molar-refractivity contribution < 1.29 is 19.5 Å². The van der Waals surface area contributed by atoms with Gasteiger partial charge in [-0.05, 0) is 31.9 Å². The zero-order chi connectivity index (χ0) is 24.9. The molecule has 3 aliphatic heterocycles. The van der Waals surface area contributed by atoms with Crippen LogP contribution in [0.4, 0.5) is 0 Å². The van der Waals surface area contributed by atoms with Crippen molar-refractivity contribution in [2.75, 3.05) is 13.2 Å². The Morgan fingerprint density at radius 1 is 1.31 bits per heavy atom. The second kappa shape index (κ2) is 9.36. The molecule has 2 bridgehead atoms. The van der Waals surface area contributed by atoms with Crippen LogP contribution in [0.2, 0.25) is 0 Å². The normalized spacial score (nSPS) is 32.2. The molecule has 3 aliphatic rings. The van der Waals surface area contributed by atoms with E-state index in [1.54, 1.807) is 23.4 Å². The van der Waals surface area contributed by atoms with E-state index in [1.165, 1.54) is 4.90 Å². The monoisotopic (exact) mass is 564 g/mol. The third kappa shape index (κ3) is 3.75. The Labute approximate surface area is 215 Å². The Morgan fingerprint density at radius 3 is 2.83 bits per heavy atom. The molecule has 3 saturated heterocycles. The summed E-state index contributed by atoms with van der Waals surface area (Å²) in [7, 11) is 0. The molecule has 3 amide bonds. The van der Waals surface area contributed by atoms with Crippen molar-refractivity contribution in [3.05, 3.63) is 24.3 Å². The molecule has 188 valence electrons. The van der Waals surface area contributed by atoms with Gasteiger partial charge < -0.3 is 20.6 Å². The number of halogens is 1. The second-order valence-electron chi connectivity index (χ2n) is 9.51. The van der Waals surface area contributed by atoms with E-state index in [2.05, 4.69) is 36.9 Å². The highest BCUT2D eigenvalue weighted by Gasteiger charge is 2.75. The first-order valence-corrected chi connectivity index (χ1v) is 13.7. The molecule has 0 saturated carbocycles. The van der Waals surface area contributed by atoms with E-state index in [0.29, 0.717) is 13.0 Å². The minimum absolute atomic E-state index is 0.00729. The number of rotatable bonds is 8. The lowest BCUT2D eigenvalue weighted by Gasteiger charge is -2.36. The van der Waals surface area contributed by atoms with Gasteiger partial charge in [0.1, 0.15) is 18.2 Å². The lowest BCUT2D eigenvalue weighted by Crippen LogP contribution is -2.56. The van der Waals surface area contributed by atoms with Crippen LogP contribution >= 0.6 is 27.7 Å². The highest BCUT2D eigenvalue weighted by Crippen LogP contribution is 2.67. The molecular weight excluding hydrogens is 536 g/mol. The summed E-state index contributed by atoms with van der Waals surface area (Å²) in [6.45, 7) is 4.08. The van der Waals surface area contributed by atoms with Crippen LogP contribution in [0, 0.1) is 11.8 Å². The predicted molar refractivity (Wildman–Crippen MR) is 135 cm³/mol. The molecule has 3 N–H and O–H groups in total. The van der Waals surface area contributed by atoms with E-state index in [-0.39, 0.29) is 41.1 Å². The molecule has 12 heteroatoms. The highest BCUT2D eigenvalue weighted by molar-refractivity contribution is 9.09. The number of hydrogen-bond donors (Lipinski definition) is 3. The first-order chi connectivity index (χ1) is 16.8. The first-order valence-electron chi connectivity index (χ1n) is 11.9. The quantitative estimate of drug-likeness (QED) is 0.406. The maximum atomic E-state index is 13.8. The Hall–Kier alpha value is -2.18. The minimum atomic E-state index is -0.809. The van der Waals surface area contributed by atoms with E-state index in [1.807, 2.05) is 31.2 Å². The summed E-state index contributed by atoms with van der Waals surface area (Å²) in [6, 6.07) is 6.10. The summed E-state index contributed by atoms with van der Waals surface area (Å²) in [4.78, 5) is 42.2. The molecule has 1 aromatic carbocycles. The van der Waals surface area contributed by atoms with Crippen LogP contribution in [0.15, 0.2) is 24.3 Å². The van der Waals surface area contributed by atoms with Crippen LogP contribution in [0.5, 0.6) is 0 Å². The number of hydrogen-bond acceptors (Lipinski definition) is 7. The SMILES string of the molecule is CCCNC(=O)[C@H]1[C@@H]2SC3(CC2Br)C(C(=O)NCn2nnc4ccccc42)N([C@H](C)CO)C(=O)[C@H]13. The summed E-state index contributed by atoms with van der Waals surface area (Å²) in [5.41, 5.74) is 1.51. The van der Waals surface area contributed by atoms with Gasteiger partial charge in [-0.2, -0.15) is 0 Å². The zero-order valence-corrected chi connectivity index (χ0v) is 22.0. The van der Waals surface area contributed by atoms with Gasteiger partial charge in [0, 0.05) is 16.6 Å². The minimum Gasteiger partial charge on any atom is -0.394 e. The van der Waals surface area contributed by atoms with Crippen molar-refractivity contribution in [3.8, 4) is 0 Å². The van der Waals surface area contributed by atoms with Crippen molar-refractivity contribution in [3.63, 3.8) is 0 Å². The maximum Gasteiger partial charge on any atom is 0.245 e. The van der Waals surface area contributed by atoms with E-state index >= 15 is 0 Å². The number of aliphatic hydroxyl groups excluding tert-OH is 1. The number of amides is 3. The fourth-order valence-electron chi connectivity index (χ4n) is 5.88. The lowest BCUT2D eigenvalue weighted by atomic mass is 9.70. The molecular formula is C23H29BrN6O4S. The van der Waals surface area contributed by atoms with Crippen LogP contribution in [0.1, 0.15) is 26.7 Å². The summed E-state index contributed by atoms with van der Waals surface area (Å²) in [6.07, 6.45) is 1.39. The largest absolute Gasteiger partial charge is 0.394 e. The fraction of sp³-hybridized carbons (Fsp3) is 0.609. The van der Waals surface area contributed by atoms with Gasteiger partial charge in [-0.1, -0.05) is 40.2 Å². The molecule has 5 rings (SSSR count). The van der Waals surface area contributed by atoms with E-state index in [0.717, 1.165) is 17.5 Å². The second-order valence-corrected chi connectivity index (χ2v) is 12.2. The van der Waals surface area contributed by atoms with Crippen LogP contribution in [0.3, 0.4) is 0 Å². The molecule has 7 atom stereocenters. The molecule has 10 nitrogen and oxygen atoms in total. The molecule has 3 unspecified atom stereocenters. The average Bonchev–Trinajstić information content (AvgIpc) is 3.57. The number of para-hydroxylation sites is 1. The van der Waals surface area contributed by atoms with Crippen molar-refractivity contribution >= 4 is 56.4 Å². The number of benzene rings is 1. The van der Waals surface area contributed by atoms with Crippen LogP contribution in [-0.4, -0.2) is 82.8 Å². The molecule has 3 fully saturated rings. The number of likely N-dealkylation sites (tertiary alicyclic amines) is 1. The number of nitrogens with zero attached hydrogens (tertiary/aromatic N) is 4. The Morgan fingerprint density at radius 2 is 2.09 bits per heavy atom. The third-order valence-electron chi connectivity index (χ3n) is 7.39. The summed E-state index contributed by atoms with van der Waals surface area (Å²) in [5, 5.41) is 24.0. The highest BCUT2D eigenvalue weighted by atomic mass is 79.9. The number of carbonyl (C=O) groups is 3. The molecule has 0 aliphatic carbocycles. The van der Waals surface area contributed by atoms with Gasteiger partial charge in [0.05, 0.1) is 34.7 Å². The molecule has 4 heterocycles. The summed E-state index contributed by atoms with van der Waals surface area (Å²) < 4.78 is 0.856. The van der Waals surface area contributed by atoms with Crippen molar-refractivity contribution in [2.24, 2.45) is 11.8 Å². The number of carbonyl (C=O) groups excluding carboxylic acids is 3. The number of aliphatic hydroxyl groups is 1. The molecule has 35 heavy (non-hydrogen) atoms. The zero-order valence-electron chi connectivity index (χ0n) is 19.6. The van der Waals surface area contributed by atoms with E-state index in [4.69, 9.17) is 0 Å². The van der Waals surface area contributed by atoms with Gasteiger partial charge >= 0.3 is 0 Å². The number of alkyl halides is 1. The molecule has 1 aromatic heterocycles. The van der Waals surface area contributed by atoms with E-state index in [9.17, 15) is 19.5 Å². The lowest BCUT2D eigenvalue weighted by molar-refractivity contribution is -0.142. The van der Waals surface area contributed by atoms with Crippen LogP contribution in [0.25, 0.3) is 11.0 Å². The van der Waals surface area contributed by atoms with Gasteiger partial charge in [0.25, 0.3) is 0 Å². The topological polar surface area (TPSA) is 129 Å². The van der Waals surface area contributed by atoms with Gasteiger partial charge in [-0.25, -0.2) is 4.68 Å². The van der Waals surface area contributed by atoms with Crippen molar-refractivity contribution in [1.29, 1.82) is 0 Å². The molecule has 0 radical (unpaired) electrons. The Bertz CT molecular complexity index is 1160. The van der Waals surface area contributed by atoms with Gasteiger partial charge in [-0.15, -0.1) is 16.9 Å². The Balaban J connectivity index is 1.46. The maximum absolute atomic E-state index is 13.8. The molecule has 1 spiro atoms. The number of aromatic nitrogens is 3. The van der Waals surface area contributed by atoms with Gasteiger partial charge in [-0.3, -0.25) is 14.4 Å². The summed E-state index contributed by atoms with van der Waals surface area (Å²) in [5.74, 6) is -1.82. The first kappa shape index (κ1) is 24.5. The number of fused-ring (bicyclic) bond motifs is 2. The predicted octanol–water partition coefficient (Wildman–Crippen LogP) is 0.877. The number of nitrogens with one attached hydrogen (secondary N) is 2. The van der Waals surface area contributed by atoms with Crippen LogP contribution in [-0.2, 0) is 21.1 Å². The standard InChI is InChI=1S/C23H29BrN6O4S/c1-3-8-25-20(32)16-17-22(34)30(12(2)10-31)19(23(17)9-13(24)18(16)35-23)21(33)26-11-29-15-7-5-4-6-14(15)27-28-29/h4-7,12-13,16-19,31H,3,8-11H2,1-2H3,(H,25,32)(H,26,33)/t12-,13?,16-,17+,18-,19?,23?/m1/s1. The van der Waals surface area contributed by atoms with Gasteiger partial charge in [0.15, 0.2) is 0 Å².